The third-order valence-corrected chi connectivity index (χ3v) is 3.08. The molecule has 70 valence electrons. The molecular weight excluding hydrogens is 162 g/mol. The van der Waals surface area contributed by atoms with Gasteiger partial charge in [-0.05, 0) is 23.0 Å². The van der Waals surface area contributed by atoms with Gasteiger partial charge in [0.1, 0.15) is 13.7 Å². The predicted molar refractivity (Wildman–Crippen MR) is 57.2 cm³/mol. The molecule has 0 spiro atoms. The van der Waals surface area contributed by atoms with E-state index in [0.29, 0.717) is 0 Å². The van der Waals surface area contributed by atoms with E-state index in [-0.39, 0.29) is 11.1 Å². The summed E-state index contributed by atoms with van der Waals surface area (Å²) in [6.45, 7) is 4.29. The minimum atomic E-state index is -0.134. The summed E-state index contributed by atoms with van der Waals surface area (Å²) in [5, 5.41) is 0.127. The Balaban J connectivity index is 3.05. The molecule has 1 rings (SSSR count). The minimum absolute atomic E-state index is 0.127. The van der Waals surface area contributed by atoms with Crippen LogP contribution in [-0.4, -0.2) is 7.85 Å². The topological polar surface area (TPSA) is 0 Å². The number of halogens is 1. The molecule has 0 N–H and O–H groups in total. The molecule has 1 aromatic rings. The van der Waals surface area contributed by atoms with Gasteiger partial charge in [-0.2, -0.15) is 0 Å². The standard InChI is InChI=1S/C11H16BF/c1-3-11(12,4-2)9-6-5-7-10(13)8-9/h5-8H,3-4,12H2,1-2H3. The predicted octanol–water partition coefficient (Wildman–Crippen LogP) is 2.47. The Hall–Kier alpha value is -0.785. The Bertz CT molecular complexity index is 279. The van der Waals surface area contributed by atoms with Gasteiger partial charge in [0.15, 0.2) is 0 Å². The van der Waals surface area contributed by atoms with Crippen LogP contribution in [0.4, 0.5) is 4.39 Å². The van der Waals surface area contributed by atoms with Crippen molar-refractivity contribution in [2.45, 2.75) is 32.0 Å². The molecule has 13 heavy (non-hydrogen) atoms. The third-order valence-electron chi connectivity index (χ3n) is 3.08. The Labute approximate surface area is 80.6 Å². The molecule has 0 aromatic heterocycles. The van der Waals surface area contributed by atoms with Gasteiger partial charge in [-0.3, -0.25) is 0 Å². The quantitative estimate of drug-likeness (QED) is 0.623. The number of hydrogen-bond acceptors (Lipinski definition) is 0. The second kappa shape index (κ2) is 3.95. The van der Waals surface area contributed by atoms with Crippen molar-refractivity contribution < 1.29 is 4.39 Å². The fourth-order valence-electron chi connectivity index (χ4n) is 1.52. The monoisotopic (exact) mass is 178 g/mol. The molecular formula is C11H16BF. The Kier molecular flexibility index (Phi) is 3.13. The fourth-order valence-corrected chi connectivity index (χ4v) is 1.52. The largest absolute Gasteiger partial charge is 0.207 e. The average molecular weight is 178 g/mol. The van der Waals surface area contributed by atoms with E-state index in [1.54, 1.807) is 12.1 Å². The van der Waals surface area contributed by atoms with E-state index in [1.807, 2.05) is 6.07 Å². The zero-order valence-corrected chi connectivity index (χ0v) is 8.60. The summed E-state index contributed by atoms with van der Waals surface area (Å²) in [5.74, 6) is -0.134. The summed E-state index contributed by atoms with van der Waals surface area (Å²) in [4.78, 5) is 0. The van der Waals surface area contributed by atoms with Crippen LogP contribution >= 0.6 is 0 Å². The highest BCUT2D eigenvalue weighted by Crippen LogP contribution is 2.27. The van der Waals surface area contributed by atoms with Crippen molar-refractivity contribution in [3.05, 3.63) is 35.6 Å². The molecule has 0 nitrogen and oxygen atoms in total. The SMILES string of the molecule is BC(CC)(CC)c1cccc(F)c1. The van der Waals surface area contributed by atoms with Gasteiger partial charge in [0.25, 0.3) is 0 Å². The van der Waals surface area contributed by atoms with Crippen LogP contribution in [0.15, 0.2) is 24.3 Å². The molecule has 0 heterocycles. The van der Waals surface area contributed by atoms with Gasteiger partial charge in [0.2, 0.25) is 0 Å². The number of hydrogen-bond donors (Lipinski definition) is 0. The Morgan fingerprint density at radius 1 is 1.31 bits per heavy atom. The van der Waals surface area contributed by atoms with Crippen molar-refractivity contribution in [3.8, 4) is 0 Å². The summed E-state index contributed by atoms with van der Waals surface area (Å²) in [7, 11) is 2.18. The van der Waals surface area contributed by atoms with Gasteiger partial charge in [0, 0.05) is 0 Å². The van der Waals surface area contributed by atoms with E-state index in [9.17, 15) is 4.39 Å². The summed E-state index contributed by atoms with van der Waals surface area (Å²) in [6.07, 6.45) is 2.10. The first-order valence-corrected chi connectivity index (χ1v) is 4.88. The molecule has 0 fully saturated rings. The van der Waals surface area contributed by atoms with Crippen LogP contribution in [0.2, 0.25) is 0 Å². The zero-order valence-electron chi connectivity index (χ0n) is 8.60. The average Bonchev–Trinajstić information content (AvgIpc) is 2.17. The molecule has 0 saturated carbocycles. The highest BCUT2D eigenvalue weighted by atomic mass is 19.1. The van der Waals surface area contributed by atoms with Crippen LogP contribution in [-0.2, 0) is 5.31 Å². The van der Waals surface area contributed by atoms with Gasteiger partial charge in [-0.1, -0.05) is 38.8 Å². The second-order valence-corrected chi connectivity index (χ2v) is 3.78. The van der Waals surface area contributed by atoms with Crippen molar-refractivity contribution in [2.24, 2.45) is 0 Å². The van der Waals surface area contributed by atoms with Gasteiger partial charge in [0.05, 0.1) is 0 Å². The maximum Gasteiger partial charge on any atom is 0.123 e. The van der Waals surface area contributed by atoms with Crippen molar-refractivity contribution in [1.29, 1.82) is 0 Å². The summed E-state index contributed by atoms with van der Waals surface area (Å²) in [6, 6.07) is 6.94. The zero-order chi connectivity index (χ0) is 9.90. The summed E-state index contributed by atoms with van der Waals surface area (Å²) < 4.78 is 13.0. The van der Waals surface area contributed by atoms with Crippen LogP contribution in [0.3, 0.4) is 0 Å². The van der Waals surface area contributed by atoms with Crippen LogP contribution < -0.4 is 0 Å². The highest BCUT2D eigenvalue weighted by molar-refractivity contribution is 6.15. The molecule has 0 bridgehead atoms. The Morgan fingerprint density at radius 3 is 2.38 bits per heavy atom. The first-order chi connectivity index (χ1) is 6.12. The smallest absolute Gasteiger partial charge is 0.123 e. The molecule has 0 unspecified atom stereocenters. The number of benzene rings is 1. The molecule has 1 aromatic carbocycles. The van der Waals surface area contributed by atoms with E-state index >= 15 is 0 Å². The van der Waals surface area contributed by atoms with E-state index in [2.05, 4.69) is 21.7 Å². The highest BCUT2D eigenvalue weighted by Gasteiger charge is 2.22. The van der Waals surface area contributed by atoms with E-state index in [1.165, 1.54) is 6.07 Å². The molecule has 0 aliphatic heterocycles. The first kappa shape index (κ1) is 10.3. The second-order valence-electron chi connectivity index (χ2n) is 3.78. The number of rotatable bonds is 3. The lowest BCUT2D eigenvalue weighted by atomic mass is 9.61. The lowest BCUT2D eigenvalue weighted by Crippen LogP contribution is -2.24. The molecule has 0 saturated heterocycles. The lowest BCUT2D eigenvalue weighted by Gasteiger charge is -2.27. The van der Waals surface area contributed by atoms with Gasteiger partial charge in [-0.25, -0.2) is 4.39 Å². The van der Waals surface area contributed by atoms with Crippen LogP contribution in [0.1, 0.15) is 32.3 Å². The maximum atomic E-state index is 13.0. The van der Waals surface area contributed by atoms with E-state index < -0.39 is 0 Å². The van der Waals surface area contributed by atoms with Gasteiger partial charge in [-0.15, -0.1) is 0 Å². The fraction of sp³-hybridized carbons (Fsp3) is 0.455. The molecule has 0 radical (unpaired) electrons. The maximum absolute atomic E-state index is 13.0. The third kappa shape index (κ3) is 2.12. The van der Waals surface area contributed by atoms with Crippen LogP contribution in [0, 0.1) is 5.82 Å². The van der Waals surface area contributed by atoms with E-state index in [0.717, 1.165) is 18.4 Å². The van der Waals surface area contributed by atoms with Crippen molar-refractivity contribution >= 4 is 7.85 Å². The molecule has 0 atom stereocenters. The first-order valence-electron chi connectivity index (χ1n) is 4.88. The summed E-state index contributed by atoms with van der Waals surface area (Å²) in [5.41, 5.74) is 1.11. The molecule has 0 aliphatic carbocycles. The van der Waals surface area contributed by atoms with Gasteiger partial charge < -0.3 is 0 Å². The molecule has 0 amide bonds. The normalized spacial score (nSPS) is 11.6. The minimum Gasteiger partial charge on any atom is -0.207 e. The van der Waals surface area contributed by atoms with Crippen molar-refractivity contribution in [3.63, 3.8) is 0 Å². The van der Waals surface area contributed by atoms with Crippen molar-refractivity contribution in [1.82, 2.24) is 0 Å². The lowest BCUT2D eigenvalue weighted by molar-refractivity contribution is 0.554. The molecule has 0 aliphatic rings. The van der Waals surface area contributed by atoms with Crippen molar-refractivity contribution in [2.75, 3.05) is 0 Å². The van der Waals surface area contributed by atoms with E-state index in [4.69, 9.17) is 0 Å². The van der Waals surface area contributed by atoms with Crippen LogP contribution in [0.25, 0.3) is 0 Å². The summed E-state index contributed by atoms with van der Waals surface area (Å²) >= 11 is 0. The Morgan fingerprint density at radius 2 is 1.92 bits per heavy atom. The molecule has 2 heteroatoms. The van der Waals surface area contributed by atoms with Gasteiger partial charge >= 0.3 is 0 Å². The van der Waals surface area contributed by atoms with Crippen LogP contribution in [0.5, 0.6) is 0 Å².